The molecule has 0 saturated carbocycles. The van der Waals surface area contributed by atoms with Crippen LogP contribution >= 0.6 is 0 Å². The van der Waals surface area contributed by atoms with Crippen LogP contribution in [0, 0.1) is 0 Å². The lowest BCUT2D eigenvalue weighted by Gasteiger charge is -2.05. The average Bonchev–Trinajstić information content (AvgIpc) is 2.91. The summed E-state index contributed by atoms with van der Waals surface area (Å²) in [5.41, 5.74) is 1.15. The number of furan rings is 1. The molecule has 0 aliphatic heterocycles. The Kier molecular flexibility index (Phi) is 4.39. The van der Waals surface area contributed by atoms with E-state index in [0.717, 1.165) is 0 Å². The topological polar surface area (TPSA) is 101 Å². The molecule has 7 nitrogen and oxygen atoms in total. The van der Waals surface area contributed by atoms with Crippen molar-refractivity contribution in [2.45, 2.75) is 11.8 Å². The summed E-state index contributed by atoms with van der Waals surface area (Å²) in [6.45, 7) is 1.37. The van der Waals surface area contributed by atoms with Crippen molar-refractivity contribution in [3.8, 4) is 0 Å². The third-order valence-electron chi connectivity index (χ3n) is 2.41. The number of nitrogens with zero attached hydrogens (tertiary/aromatic N) is 1. The van der Waals surface area contributed by atoms with Gasteiger partial charge in [0.05, 0.1) is 23.6 Å². The van der Waals surface area contributed by atoms with Crippen LogP contribution in [0.5, 0.6) is 0 Å². The van der Waals surface area contributed by atoms with Gasteiger partial charge < -0.3 is 9.73 Å². The molecule has 1 heterocycles. The van der Waals surface area contributed by atoms with Crippen molar-refractivity contribution in [2.75, 3.05) is 5.32 Å². The minimum atomic E-state index is -3.75. The molecule has 0 spiro atoms. The quantitative estimate of drug-likeness (QED) is 0.646. The van der Waals surface area contributed by atoms with Crippen molar-refractivity contribution in [3.05, 3.63) is 48.4 Å². The van der Waals surface area contributed by atoms with E-state index in [4.69, 9.17) is 4.42 Å². The first-order valence-electron chi connectivity index (χ1n) is 5.92. The molecule has 0 saturated heterocycles. The smallest absolute Gasteiger partial charge is 0.276 e. The molecule has 0 bridgehead atoms. The second kappa shape index (κ2) is 6.23. The largest absolute Gasteiger partial charge is 0.472 e. The van der Waals surface area contributed by atoms with Gasteiger partial charge in [-0.2, -0.15) is 13.5 Å². The molecule has 0 fully saturated rings. The van der Waals surface area contributed by atoms with Crippen molar-refractivity contribution >= 4 is 27.8 Å². The normalized spacial score (nSPS) is 11.5. The zero-order valence-electron chi connectivity index (χ0n) is 11.1. The Labute approximate surface area is 121 Å². The van der Waals surface area contributed by atoms with Gasteiger partial charge in [-0.25, -0.2) is 4.83 Å². The maximum Gasteiger partial charge on any atom is 0.276 e. The summed E-state index contributed by atoms with van der Waals surface area (Å²) in [5.74, 6) is -0.228. The van der Waals surface area contributed by atoms with E-state index >= 15 is 0 Å². The average molecular weight is 307 g/mol. The Bertz CT molecular complexity index is 734. The molecule has 1 aromatic carbocycles. The molecular weight excluding hydrogens is 294 g/mol. The predicted molar refractivity (Wildman–Crippen MR) is 77.4 cm³/mol. The van der Waals surface area contributed by atoms with Crippen molar-refractivity contribution in [2.24, 2.45) is 5.10 Å². The maximum absolute atomic E-state index is 12.0. The first-order valence-corrected chi connectivity index (χ1v) is 7.40. The van der Waals surface area contributed by atoms with Crippen LogP contribution in [-0.4, -0.2) is 20.5 Å². The van der Waals surface area contributed by atoms with Crippen LogP contribution in [0.1, 0.15) is 12.5 Å². The van der Waals surface area contributed by atoms with Crippen LogP contribution in [0.2, 0.25) is 0 Å². The molecule has 2 aromatic rings. The third kappa shape index (κ3) is 4.18. The highest BCUT2D eigenvalue weighted by Gasteiger charge is 2.12. The van der Waals surface area contributed by atoms with Gasteiger partial charge in [-0.15, -0.1) is 0 Å². The van der Waals surface area contributed by atoms with Crippen LogP contribution in [-0.2, 0) is 14.8 Å². The fourth-order valence-corrected chi connectivity index (χ4v) is 2.28. The van der Waals surface area contributed by atoms with Gasteiger partial charge in [-0.3, -0.25) is 4.79 Å². The highest BCUT2D eigenvalue weighted by atomic mass is 32.2. The van der Waals surface area contributed by atoms with Crippen LogP contribution in [0.3, 0.4) is 0 Å². The SMILES string of the molecule is CC(=O)Nc1ccc(S(=O)(=O)N/N=C\c2ccoc2)cc1. The highest BCUT2D eigenvalue weighted by molar-refractivity contribution is 7.89. The van der Waals surface area contributed by atoms with E-state index in [0.29, 0.717) is 11.3 Å². The maximum atomic E-state index is 12.0. The lowest BCUT2D eigenvalue weighted by molar-refractivity contribution is -0.114. The summed E-state index contributed by atoms with van der Waals surface area (Å²) in [6, 6.07) is 7.38. The van der Waals surface area contributed by atoms with Crippen LogP contribution < -0.4 is 10.1 Å². The second-order valence-corrected chi connectivity index (χ2v) is 5.78. The Balaban J connectivity index is 2.07. The van der Waals surface area contributed by atoms with E-state index in [9.17, 15) is 13.2 Å². The molecule has 21 heavy (non-hydrogen) atoms. The molecule has 1 aromatic heterocycles. The van der Waals surface area contributed by atoms with Crippen molar-refractivity contribution in [1.82, 2.24) is 4.83 Å². The zero-order chi connectivity index (χ0) is 15.3. The van der Waals surface area contributed by atoms with Crippen LogP contribution in [0.15, 0.2) is 57.3 Å². The van der Waals surface area contributed by atoms with E-state index < -0.39 is 10.0 Å². The molecule has 0 radical (unpaired) electrons. The van der Waals surface area contributed by atoms with E-state index in [-0.39, 0.29) is 10.8 Å². The first-order chi connectivity index (χ1) is 9.97. The number of amides is 1. The van der Waals surface area contributed by atoms with Crippen LogP contribution in [0.25, 0.3) is 0 Å². The van der Waals surface area contributed by atoms with Gasteiger partial charge in [0.1, 0.15) is 0 Å². The number of anilines is 1. The van der Waals surface area contributed by atoms with E-state index in [1.807, 2.05) is 0 Å². The molecule has 1 amide bonds. The highest BCUT2D eigenvalue weighted by Crippen LogP contribution is 2.13. The monoisotopic (exact) mass is 307 g/mol. The molecule has 0 unspecified atom stereocenters. The standard InChI is InChI=1S/C13H13N3O4S/c1-10(17)15-12-2-4-13(5-3-12)21(18,19)16-14-8-11-6-7-20-9-11/h2-9,16H,1H3,(H,15,17)/b14-8-. The number of benzene rings is 1. The first kappa shape index (κ1) is 14.8. The van der Waals surface area contributed by atoms with Crippen LogP contribution in [0.4, 0.5) is 5.69 Å². The Morgan fingerprint density at radius 3 is 2.52 bits per heavy atom. The fourth-order valence-electron chi connectivity index (χ4n) is 1.49. The number of carbonyl (C=O) groups is 1. The number of sulfonamides is 1. The van der Waals surface area contributed by atoms with Crippen molar-refractivity contribution < 1.29 is 17.6 Å². The Hall–Kier alpha value is -2.61. The molecule has 0 atom stereocenters. The number of carbonyl (C=O) groups excluding carboxylic acids is 1. The lowest BCUT2D eigenvalue weighted by atomic mass is 10.3. The molecular formula is C13H13N3O4S. The summed E-state index contributed by atoms with van der Waals surface area (Å²) >= 11 is 0. The summed E-state index contributed by atoms with van der Waals surface area (Å²) in [5, 5.41) is 6.19. The van der Waals surface area contributed by atoms with Crippen molar-refractivity contribution in [3.63, 3.8) is 0 Å². The van der Waals surface area contributed by atoms with Gasteiger partial charge in [-0.05, 0) is 30.3 Å². The summed E-state index contributed by atoms with van der Waals surface area (Å²) in [6.07, 6.45) is 4.21. The summed E-state index contributed by atoms with van der Waals surface area (Å²) in [4.78, 5) is 13.0. The van der Waals surface area contributed by atoms with Gasteiger partial charge in [0, 0.05) is 18.2 Å². The second-order valence-electron chi connectivity index (χ2n) is 4.12. The number of nitrogens with one attached hydrogen (secondary N) is 2. The third-order valence-corrected chi connectivity index (χ3v) is 3.65. The number of hydrogen-bond donors (Lipinski definition) is 2. The summed E-state index contributed by atoms with van der Waals surface area (Å²) in [7, 11) is -3.75. The minimum Gasteiger partial charge on any atom is -0.472 e. The number of hydrazone groups is 1. The minimum absolute atomic E-state index is 0.0425. The van der Waals surface area contributed by atoms with Crippen molar-refractivity contribution in [1.29, 1.82) is 0 Å². The van der Waals surface area contributed by atoms with Gasteiger partial charge in [0.2, 0.25) is 5.91 Å². The van der Waals surface area contributed by atoms with Gasteiger partial charge >= 0.3 is 0 Å². The predicted octanol–water partition coefficient (Wildman–Crippen LogP) is 1.55. The van der Waals surface area contributed by atoms with Gasteiger partial charge in [-0.1, -0.05) is 0 Å². The molecule has 110 valence electrons. The fraction of sp³-hybridized carbons (Fsp3) is 0.0769. The van der Waals surface area contributed by atoms with Gasteiger partial charge in [0.25, 0.3) is 10.0 Å². The van der Waals surface area contributed by atoms with Gasteiger partial charge in [0.15, 0.2) is 0 Å². The van der Waals surface area contributed by atoms with E-state index in [2.05, 4.69) is 15.2 Å². The summed E-state index contributed by atoms with van der Waals surface area (Å²) < 4.78 is 28.7. The molecule has 2 N–H and O–H groups in total. The Morgan fingerprint density at radius 1 is 1.24 bits per heavy atom. The molecule has 8 heteroatoms. The molecule has 0 aliphatic carbocycles. The van der Waals surface area contributed by atoms with E-state index in [1.165, 1.54) is 49.9 Å². The Morgan fingerprint density at radius 2 is 1.95 bits per heavy atom. The molecule has 2 rings (SSSR count). The zero-order valence-corrected chi connectivity index (χ0v) is 11.9. The van der Waals surface area contributed by atoms with E-state index in [1.54, 1.807) is 6.07 Å². The lowest BCUT2D eigenvalue weighted by Crippen LogP contribution is -2.18. The number of rotatable bonds is 5. The number of hydrogen-bond acceptors (Lipinski definition) is 5. The molecule has 0 aliphatic rings.